The van der Waals surface area contributed by atoms with Crippen LogP contribution >= 0.6 is 0 Å². The summed E-state index contributed by atoms with van der Waals surface area (Å²) in [5, 5.41) is 0. The number of hydrogen-bond donors (Lipinski definition) is 0. The first-order chi connectivity index (χ1) is 8.22. The molecule has 1 rings (SSSR count). The Morgan fingerprint density at radius 1 is 1.22 bits per heavy atom. The van der Waals surface area contributed by atoms with E-state index in [4.69, 9.17) is 0 Å². The summed E-state index contributed by atoms with van der Waals surface area (Å²) in [4.78, 5) is 0. The third kappa shape index (κ3) is 4.06. The molecule has 18 heavy (non-hydrogen) atoms. The predicted octanol–water partition coefficient (Wildman–Crippen LogP) is 3.00. The van der Waals surface area contributed by atoms with Crippen LogP contribution in [0.3, 0.4) is 0 Å². The fraction of sp³-hybridized carbons (Fsp3) is 0.273. The monoisotopic (exact) mass is 280 g/mol. The summed E-state index contributed by atoms with van der Waals surface area (Å²) in [6.45, 7) is 3.17. The normalized spacial score (nSPS) is 12.2. The molecule has 0 unspecified atom stereocenters. The minimum atomic E-state index is -5.60. The van der Waals surface area contributed by atoms with Crippen molar-refractivity contribution in [3.8, 4) is 0 Å². The summed E-state index contributed by atoms with van der Waals surface area (Å²) in [5.41, 5.74) is -4.57. The standard InChI is InChI=1S/C11H11F3O3S/c1-9(17-18(15,16)11(12,13)14)7-8-10-5-3-2-4-6-10/h2-6H,1,7-8H2. The molecule has 0 aliphatic carbocycles. The zero-order chi connectivity index (χ0) is 13.8. The number of allylic oxidation sites excluding steroid dienone is 1. The van der Waals surface area contributed by atoms with Gasteiger partial charge in [0.05, 0.1) is 0 Å². The number of alkyl halides is 3. The number of rotatable bonds is 5. The van der Waals surface area contributed by atoms with Gasteiger partial charge in [0.25, 0.3) is 0 Å². The SMILES string of the molecule is C=C(CCc1ccccc1)OS(=O)(=O)C(F)(F)F. The highest BCUT2D eigenvalue weighted by Crippen LogP contribution is 2.27. The fourth-order valence-corrected chi connectivity index (χ4v) is 1.66. The van der Waals surface area contributed by atoms with Crippen molar-refractivity contribution in [1.29, 1.82) is 0 Å². The molecule has 0 N–H and O–H groups in total. The van der Waals surface area contributed by atoms with Crippen molar-refractivity contribution in [3.63, 3.8) is 0 Å². The molecule has 100 valence electrons. The lowest BCUT2D eigenvalue weighted by Crippen LogP contribution is -2.25. The van der Waals surface area contributed by atoms with E-state index in [2.05, 4.69) is 10.8 Å². The van der Waals surface area contributed by atoms with Gasteiger partial charge in [0.15, 0.2) is 0 Å². The summed E-state index contributed by atoms with van der Waals surface area (Å²) in [6, 6.07) is 8.87. The molecule has 0 aromatic heterocycles. The molecule has 0 spiro atoms. The van der Waals surface area contributed by atoms with Gasteiger partial charge in [-0.3, -0.25) is 0 Å². The molecule has 1 aromatic rings. The van der Waals surface area contributed by atoms with Crippen LogP contribution in [0.25, 0.3) is 0 Å². The Morgan fingerprint density at radius 3 is 2.28 bits per heavy atom. The number of hydrogen-bond acceptors (Lipinski definition) is 3. The van der Waals surface area contributed by atoms with Crippen LogP contribution in [-0.4, -0.2) is 13.9 Å². The number of aryl methyl sites for hydroxylation is 1. The third-order valence-electron chi connectivity index (χ3n) is 2.05. The maximum absolute atomic E-state index is 12.0. The van der Waals surface area contributed by atoms with Crippen molar-refractivity contribution in [2.24, 2.45) is 0 Å². The predicted molar refractivity (Wildman–Crippen MR) is 60.0 cm³/mol. The van der Waals surface area contributed by atoms with Crippen LogP contribution in [0.4, 0.5) is 13.2 Å². The van der Waals surface area contributed by atoms with Crippen LogP contribution in [-0.2, 0) is 20.7 Å². The highest BCUT2D eigenvalue weighted by atomic mass is 32.2. The van der Waals surface area contributed by atoms with Crippen molar-refractivity contribution < 1.29 is 25.8 Å². The lowest BCUT2D eigenvalue weighted by Gasteiger charge is -2.11. The third-order valence-corrected chi connectivity index (χ3v) is 3.07. The van der Waals surface area contributed by atoms with Gasteiger partial charge in [-0.1, -0.05) is 36.9 Å². The highest BCUT2D eigenvalue weighted by molar-refractivity contribution is 7.87. The lowest BCUT2D eigenvalue weighted by molar-refractivity contribution is -0.0523. The van der Waals surface area contributed by atoms with Crippen LogP contribution < -0.4 is 0 Å². The Labute approximate surface area is 103 Å². The fourth-order valence-electron chi connectivity index (χ4n) is 1.17. The molecule has 0 heterocycles. The summed E-state index contributed by atoms with van der Waals surface area (Å²) >= 11 is 0. The largest absolute Gasteiger partial charge is 0.534 e. The van der Waals surface area contributed by atoms with E-state index in [1.54, 1.807) is 30.3 Å². The second-order valence-corrected chi connectivity index (χ2v) is 5.05. The van der Waals surface area contributed by atoms with E-state index in [0.717, 1.165) is 5.56 Å². The summed E-state index contributed by atoms with van der Waals surface area (Å²) < 4.78 is 61.2. The molecular formula is C11H11F3O3S. The topological polar surface area (TPSA) is 43.4 Å². The van der Waals surface area contributed by atoms with Gasteiger partial charge in [-0.25, -0.2) is 0 Å². The molecule has 0 atom stereocenters. The molecule has 0 amide bonds. The first-order valence-electron chi connectivity index (χ1n) is 4.95. The molecule has 0 saturated heterocycles. The van der Waals surface area contributed by atoms with E-state index in [-0.39, 0.29) is 6.42 Å². The Kier molecular flexibility index (Phi) is 4.39. The van der Waals surface area contributed by atoms with Crippen molar-refractivity contribution in [1.82, 2.24) is 0 Å². The van der Waals surface area contributed by atoms with Crippen molar-refractivity contribution in [3.05, 3.63) is 48.2 Å². The van der Waals surface area contributed by atoms with Crippen LogP contribution in [0.1, 0.15) is 12.0 Å². The first kappa shape index (κ1) is 14.6. The summed E-state index contributed by atoms with van der Waals surface area (Å²) in [7, 11) is -5.60. The molecule has 0 fully saturated rings. The smallest absolute Gasteiger partial charge is 0.381 e. The van der Waals surface area contributed by atoms with Gasteiger partial charge in [-0.05, 0) is 12.0 Å². The molecule has 0 radical (unpaired) electrons. The van der Waals surface area contributed by atoms with Crippen molar-refractivity contribution in [2.75, 3.05) is 0 Å². The van der Waals surface area contributed by atoms with Crippen molar-refractivity contribution >= 4 is 10.1 Å². The number of halogens is 3. The van der Waals surface area contributed by atoms with E-state index in [1.807, 2.05) is 0 Å². The molecule has 0 aliphatic heterocycles. The minimum absolute atomic E-state index is 0.000671. The Balaban J connectivity index is 2.54. The molecule has 1 aromatic carbocycles. The Morgan fingerprint density at radius 2 is 1.78 bits per heavy atom. The minimum Gasteiger partial charge on any atom is -0.381 e. The van der Waals surface area contributed by atoms with Crippen LogP contribution in [0, 0.1) is 0 Å². The molecule has 7 heteroatoms. The van der Waals surface area contributed by atoms with E-state index >= 15 is 0 Å². The Hall–Kier alpha value is -1.50. The van der Waals surface area contributed by atoms with Gasteiger partial charge in [0.2, 0.25) is 0 Å². The highest BCUT2D eigenvalue weighted by Gasteiger charge is 2.48. The van der Waals surface area contributed by atoms with E-state index < -0.39 is 21.4 Å². The zero-order valence-corrected chi connectivity index (χ0v) is 10.1. The average molecular weight is 280 g/mol. The molecule has 0 saturated carbocycles. The second kappa shape index (κ2) is 5.43. The number of benzene rings is 1. The van der Waals surface area contributed by atoms with Crippen LogP contribution in [0.15, 0.2) is 42.7 Å². The summed E-state index contributed by atoms with van der Waals surface area (Å²) in [5.74, 6) is -0.434. The van der Waals surface area contributed by atoms with Gasteiger partial charge in [-0.2, -0.15) is 21.6 Å². The molecule has 0 bridgehead atoms. The van der Waals surface area contributed by atoms with Gasteiger partial charge in [0.1, 0.15) is 5.76 Å². The first-order valence-corrected chi connectivity index (χ1v) is 6.35. The van der Waals surface area contributed by atoms with Crippen molar-refractivity contribution in [2.45, 2.75) is 18.3 Å². The zero-order valence-electron chi connectivity index (χ0n) is 9.27. The van der Waals surface area contributed by atoms with Crippen LogP contribution in [0.5, 0.6) is 0 Å². The van der Waals surface area contributed by atoms with Gasteiger partial charge in [-0.15, -0.1) is 0 Å². The van der Waals surface area contributed by atoms with E-state index in [1.165, 1.54) is 0 Å². The summed E-state index contributed by atoms with van der Waals surface area (Å²) in [6.07, 6.45) is 0.354. The van der Waals surface area contributed by atoms with Gasteiger partial charge in [0, 0.05) is 6.42 Å². The molecular weight excluding hydrogens is 269 g/mol. The van der Waals surface area contributed by atoms with E-state index in [0.29, 0.717) is 6.42 Å². The molecule has 0 aliphatic rings. The maximum atomic E-state index is 12.0. The van der Waals surface area contributed by atoms with Gasteiger partial charge < -0.3 is 4.18 Å². The van der Waals surface area contributed by atoms with E-state index in [9.17, 15) is 21.6 Å². The van der Waals surface area contributed by atoms with Crippen LogP contribution in [0.2, 0.25) is 0 Å². The second-order valence-electron chi connectivity index (χ2n) is 3.51. The lowest BCUT2D eigenvalue weighted by atomic mass is 10.1. The quantitative estimate of drug-likeness (QED) is 0.473. The Bertz CT molecular complexity index is 506. The maximum Gasteiger partial charge on any atom is 0.534 e. The molecule has 3 nitrogen and oxygen atoms in total. The van der Waals surface area contributed by atoms with Gasteiger partial charge >= 0.3 is 15.6 Å². The average Bonchev–Trinajstić information content (AvgIpc) is 2.26.